The molecule has 180 valence electrons. The lowest BCUT2D eigenvalue weighted by Crippen LogP contribution is -2.59. The van der Waals surface area contributed by atoms with E-state index in [4.69, 9.17) is 9.47 Å². The van der Waals surface area contributed by atoms with Crippen LogP contribution in [0.15, 0.2) is 53.4 Å². The summed E-state index contributed by atoms with van der Waals surface area (Å²) in [5.74, 6) is 5.15. The highest BCUT2D eigenvalue weighted by Gasteiger charge is 2.41. The molecule has 2 N–H and O–H groups in total. The van der Waals surface area contributed by atoms with Crippen LogP contribution in [-0.2, 0) is 14.8 Å². The number of hydrogen-bond acceptors (Lipinski definition) is 6. The standard InChI is InChI=1S/C23H25N3O7S/c1-3-4-15-33-19-9-11-20(12-10-19)34(30,31)26-14-13-25(16-21(26)22(27)28)23(29)24-17-5-7-18(32-2)8-6-17/h5-12,21H,13-16H2,1-2H3,(H,24,29)(H,27,28). The molecular weight excluding hydrogens is 462 g/mol. The van der Waals surface area contributed by atoms with Gasteiger partial charge in [-0.3, -0.25) is 4.79 Å². The lowest BCUT2D eigenvalue weighted by molar-refractivity contribution is -0.142. The molecule has 1 heterocycles. The Bertz CT molecular complexity index is 1190. The van der Waals surface area contributed by atoms with Crippen molar-refractivity contribution in [2.45, 2.75) is 17.9 Å². The molecule has 0 aromatic heterocycles. The molecule has 1 aliphatic rings. The third-order valence-electron chi connectivity index (χ3n) is 5.16. The number of carboxylic acid groups (broad SMARTS) is 1. The predicted molar refractivity (Wildman–Crippen MR) is 124 cm³/mol. The minimum absolute atomic E-state index is 0.0296. The fourth-order valence-corrected chi connectivity index (χ4v) is 4.92. The van der Waals surface area contributed by atoms with Gasteiger partial charge in [0.15, 0.2) is 0 Å². The number of carbonyl (C=O) groups is 2. The minimum Gasteiger partial charge on any atom is -0.497 e. The largest absolute Gasteiger partial charge is 0.497 e. The Morgan fingerprint density at radius 1 is 1.09 bits per heavy atom. The van der Waals surface area contributed by atoms with Gasteiger partial charge in [0.25, 0.3) is 0 Å². The Morgan fingerprint density at radius 3 is 2.32 bits per heavy atom. The van der Waals surface area contributed by atoms with Crippen LogP contribution in [0.3, 0.4) is 0 Å². The molecule has 34 heavy (non-hydrogen) atoms. The van der Waals surface area contributed by atoms with Gasteiger partial charge in [0, 0.05) is 25.3 Å². The Balaban J connectivity index is 1.71. The molecule has 11 heteroatoms. The van der Waals surface area contributed by atoms with Crippen LogP contribution < -0.4 is 14.8 Å². The number of anilines is 1. The number of aliphatic carboxylic acids is 1. The molecule has 1 aliphatic heterocycles. The summed E-state index contributed by atoms with van der Waals surface area (Å²) in [6.45, 7) is 1.42. The van der Waals surface area contributed by atoms with Crippen molar-refractivity contribution in [3.8, 4) is 23.3 Å². The molecule has 3 rings (SSSR count). The van der Waals surface area contributed by atoms with Crippen molar-refractivity contribution in [2.75, 3.05) is 38.7 Å². The van der Waals surface area contributed by atoms with E-state index in [9.17, 15) is 23.1 Å². The first kappa shape index (κ1) is 24.9. The highest BCUT2D eigenvalue weighted by atomic mass is 32.2. The van der Waals surface area contributed by atoms with Crippen molar-refractivity contribution in [1.82, 2.24) is 9.21 Å². The second-order valence-corrected chi connectivity index (χ2v) is 9.15. The molecule has 1 saturated heterocycles. The molecule has 2 aromatic carbocycles. The zero-order valence-corrected chi connectivity index (χ0v) is 19.5. The third kappa shape index (κ3) is 5.78. The number of sulfonamides is 1. The Hall–Kier alpha value is -3.75. The lowest BCUT2D eigenvalue weighted by Gasteiger charge is -2.38. The minimum atomic E-state index is -4.12. The van der Waals surface area contributed by atoms with Crippen LogP contribution in [0, 0.1) is 11.8 Å². The van der Waals surface area contributed by atoms with E-state index >= 15 is 0 Å². The van der Waals surface area contributed by atoms with Crippen molar-refractivity contribution < 1.29 is 32.6 Å². The average molecular weight is 488 g/mol. The highest BCUT2D eigenvalue weighted by molar-refractivity contribution is 7.89. The summed E-state index contributed by atoms with van der Waals surface area (Å²) in [5.41, 5.74) is 0.500. The number of ether oxygens (including phenoxy) is 2. The third-order valence-corrected chi connectivity index (χ3v) is 7.09. The van der Waals surface area contributed by atoms with Gasteiger partial charge in [-0.2, -0.15) is 4.31 Å². The topological polar surface area (TPSA) is 125 Å². The maximum atomic E-state index is 13.2. The first-order valence-corrected chi connectivity index (χ1v) is 11.8. The van der Waals surface area contributed by atoms with E-state index in [0.717, 1.165) is 4.31 Å². The number of nitrogens with zero attached hydrogens (tertiary/aromatic N) is 2. The average Bonchev–Trinajstić information content (AvgIpc) is 2.84. The summed E-state index contributed by atoms with van der Waals surface area (Å²) < 4.78 is 37.7. The van der Waals surface area contributed by atoms with E-state index in [1.165, 1.54) is 36.3 Å². The number of carboxylic acids is 1. The van der Waals surface area contributed by atoms with Crippen LogP contribution >= 0.6 is 0 Å². The molecular formula is C23H25N3O7S. The van der Waals surface area contributed by atoms with Crippen LogP contribution in [0.5, 0.6) is 11.5 Å². The van der Waals surface area contributed by atoms with Gasteiger partial charge in [0.05, 0.1) is 12.0 Å². The molecule has 0 saturated carbocycles. The summed E-state index contributed by atoms with van der Waals surface area (Å²) in [7, 11) is -2.59. The fraction of sp³-hybridized carbons (Fsp3) is 0.304. The molecule has 1 fully saturated rings. The second kappa shape index (κ2) is 10.9. The van der Waals surface area contributed by atoms with Gasteiger partial charge in [-0.15, -0.1) is 5.92 Å². The number of nitrogens with one attached hydrogen (secondary N) is 1. The van der Waals surface area contributed by atoms with Gasteiger partial charge in [0.2, 0.25) is 10.0 Å². The molecule has 0 bridgehead atoms. The maximum Gasteiger partial charge on any atom is 0.323 e. The second-order valence-electron chi connectivity index (χ2n) is 7.26. The Morgan fingerprint density at radius 2 is 1.74 bits per heavy atom. The summed E-state index contributed by atoms with van der Waals surface area (Å²) >= 11 is 0. The van der Waals surface area contributed by atoms with Crippen LogP contribution in [0.2, 0.25) is 0 Å². The zero-order valence-electron chi connectivity index (χ0n) is 18.7. The van der Waals surface area contributed by atoms with Gasteiger partial charge in [-0.1, -0.05) is 5.92 Å². The van der Waals surface area contributed by atoms with Gasteiger partial charge in [-0.05, 0) is 55.5 Å². The number of carbonyl (C=O) groups excluding carboxylic acids is 1. The van der Waals surface area contributed by atoms with E-state index in [-0.39, 0.29) is 31.1 Å². The van der Waals surface area contributed by atoms with Crippen molar-refractivity contribution in [3.05, 3.63) is 48.5 Å². The quantitative estimate of drug-likeness (QED) is 0.573. The summed E-state index contributed by atoms with van der Waals surface area (Å²) in [6, 6.07) is 10.4. The molecule has 0 aliphatic carbocycles. The molecule has 2 aromatic rings. The number of benzene rings is 2. The number of urea groups is 1. The fourth-order valence-electron chi connectivity index (χ4n) is 3.35. The highest BCUT2D eigenvalue weighted by Crippen LogP contribution is 2.24. The number of rotatable bonds is 7. The van der Waals surface area contributed by atoms with Crippen LogP contribution in [0.25, 0.3) is 0 Å². The number of piperazine rings is 1. The molecule has 0 spiro atoms. The van der Waals surface area contributed by atoms with Crippen molar-refractivity contribution in [2.24, 2.45) is 0 Å². The normalized spacial score (nSPS) is 16.2. The van der Waals surface area contributed by atoms with Crippen molar-refractivity contribution in [1.29, 1.82) is 0 Å². The van der Waals surface area contributed by atoms with Crippen LogP contribution in [0.4, 0.5) is 10.5 Å². The van der Waals surface area contributed by atoms with Crippen molar-refractivity contribution in [3.63, 3.8) is 0 Å². The number of hydrogen-bond donors (Lipinski definition) is 2. The SMILES string of the molecule is CC#CCOc1ccc(S(=O)(=O)N2CCN(C(=O)Nc3ccc(OC)cc3)CC2C(=O)O)cc1. The molecule has 10 nitrogen and oxygen atoms in total. The molecule has 0 radical (unpaired) electrons. The zero-order chi connectivity index (χ0) is 24.7. The summed E-state index contributed by atoms with van der Waals surface area (Å²) in [5, 5.41) is 12.4. The number of amides is 2. The number of methoxy groups -OCH3 is 1. The summed E-state index contributed by atoms with van der Waals surface area (Å²) in [4.78, 5) is 25.8. The maximum absolute atomic E-state index is 13.2. The van der Waals surface area contributed by atoms with Crippen LogP contribution in [-0.4, -0.2) is 74.1 Å². The van der Waals surface area contributed by atoms with Gasteiger partial charge < -0.3 is 24.8 Å². The van der Waals surface area contributed by atoms with E-state index < -0.39 is 28.1 Å². The van der Waals surface area contributed by atoms with Crippen LogP contribution in [0.1, 0.15) is 6.92 Å². The van der Waals surface area contributed by atoms with Gasteiger partial charge in [-0.25, -0.2) is 13.2 Å². The summed E-state index contributed by atoms with van der Waals surface area (Å²) in [6.07, 6.45) is 0. The lowest BCUT2D eigenvalue weighted by atomic mass is 10.2. The smallest absolute Gasteiger partial charge is 0.323 e. The molecule has 1 unspecified atom stereocenters. The Kier molecular flexibility index (Phi) is 7.99. The first-order chi connectivity index (χ1) is 16.3. The van der Waals surface area contributed by atoms with E-state index in [1.54, 1.807) is 31.2 Å². The van der Waals surface area contributed by atoms with E-state index in [1.807, 2.05) is 0 Å². The predicted octanol–water partition coefficient (Wildman–Crippen LogP) is 2.09. The first-order valence-electron chi connectivity index (χ1n) is 10.3. The Labute approximate surface area is 198 Å². The van der Waals surface area contributed by atoms with Crippen molar-refractivity contribution >= 4 is 27.7 Å². The molecule has 1 atom stereocenters. The monoisotopic (exact) mass is 487 g/mol. The van der Waals surface area contributed by atoms with Gasteiger partial charge in [0.1, 0.15) is 24.1 Å². The molecule has 2 amide bonds. The van der Waals surface area contributed by atoms with E-state index in [2.05, 4.69) is 17.2 Å². The van der Waals surface area contributed by atoms with E-state index in [0.29, 0.717) is 17.2 Å². The van der Waals surface area contributed by atoms with Gasteiger partial charge >= 0.3 is 12.0 Å².